The molecule has 1 saturated heterocycles. The quantitative estimate of drug-likeness (QED) is 0.855. The van der Waals surface area contributed by atoms with Gasteiger partial charge in [0.15, 0.2) is 0 Å². The third-order valence-corrected chi connectivity index (χ3v) is 4.76. The van der Waals surface area contributed by atoms with Crippen molar-refractivity contribution in [1.29, 1.82) is 0 Å². The van der Waals surface area contributed by atoms with Gasteiger partial charge in [-0.25, -0.2) is 9.18 Å². The highest BCUT2D eigenvalue weighted by Crippen LogP contribution is 2.59. The van der Waals surface area contributed by atoms with E-state index in [0.717, 1.165) is 6.42 Å². The minimum absolute atomic E-state index is 0.0305. The van der Waals surface area contributed by atoms with Crippen molar-refractivity contribution in [2.75, 3.05) is 0 Å². The van der Waals surface area contributed by atoms with Gasteiger partial charge in [-0.05, 0) is 65.4 Å². The molecule has 2 amide bonds. The van der Waals surface area contributed by atoms with Gasteiger partial charge in [-0.15, -0.1) is 0 Å². The first-order chi connectivity index (χ1) is 10.9. The number of rotatable bonds is 3. The Morgan fingerprint density at radius 3 is 2.38 bits per heavy atom. The lowest BCUT2D eigenvalue weighted by atomic mass is 10.0. The predicted octanol–water partition coefficient (Wildman–Crippen LogP) is 3.54. The summed E-state index contributed by atoms with van der Waals surface area (Å²) in [4.78, 5) is 26.7. The average Bonchev–Trinajstić information content (AvgIpc) is 2.96. The summed E-state index contributed by atoms with van der Waals surface area (Å²) < 4.78 is 19.4. The molecule has 0 aromatic rings. The van der Waals surface area contributed by atoms with Crippen molar-refractivity contribution >= 4 is 12.0 Å². The van der Waals surface area contributed by atoms with Gasteiger partial charge in [0.2, 0.25) is 5.91 Å². The monoisotopic (exact) mass is 340 g/mol. The smallest absolute Gasteiger partial charge is 0.411 e. The molecule has 1 heterocycles. The molecule has 0 radical (unpaired) electrons. The molecule has 4 atom stereocenters. The number of ether oxygens (including phenoxy) is 1. The van der Waals surface area contributed by atoms with E-state index < -0.39 is 23.8 Å². The molecular weight excluding hydrogens is 311 g/mol. The van der Waals surface area contributed by atoms with Crippen molar-refractivity contribution in [2.24, 2.45) is 5.41 Å². The Labute approximate surface area is 143 Å². The molecule has 2 aliphatic rings. The number of hydrogen-bond donors (Lipinski definition) is 1. The lowest BCUT2D eigenvalue weighted by Crippen LogP contribution is -2.51. The van der Waals surface area contributed by atoms with Crippen LogP contribution in [-0.4, -0.2) is 40.6 Å². The lowest BCUT2D eigenvalue weighted by Gasteiger charge is -2.30. The van der Waals surface area contributed by atoms with Crippen molar-refractivity contribution in [3.05, 3.63) is 11.4 Å². The molecule has 1 aliphatic carbocycles. The largest absolute Gasteiger partial charge is 0.444 e. The molecule has 0 unspecified atom stereocenters. The number of allylic oxidation sites excluding steroid dienone is 1. The Balaban J connectivity index is 2.12. The van der Waals surface area contributed by atoms with Crippen LogP contribution in [0.4, 0.5) is 9.18 Å². The van der Waals surface area contributed by atoms with Crippen LogP contribution in [0.5, 0.6) is 0 Å². The van der Waals surface area contributed by atoms with Crippen LogP contribution in [0.15, 0.2) is 11.4 Å². The number of likely N-dealkylation sites (tertiary alicyclic amines) is 1. The van der Waals surface area contributed by atoms with Gasteiger partial charge in [0.1, 0.15) is 17.5 Å². The zero-order chi connectivity index (χ0) is 18.4. The SMILES string of the molecule is CC(C)=C(F)[C@@H](C)NC(=O)[C@@H]1C[C@@]2(C)C[C@H]2N1C(=O)OC(C)(C)C. The fourth-order valence-electron chi connectivity index (χ4n) is 3.39. The van der Waals surface area contributed by atoms with Crippen molar-refractivity contribution in [3.8, 4) is 0 Å². The number of piperidine rings is 1. The van der Waals surface area contributed by atoms with E-state index >= 15 is 0 Å². The van der Waals surface area contributed by atoms with Gasteiger partial charge >= 0.3 is 6.09 Å². The van der Waals surface area contributed by atoms with Crippen LogP contribution in [0.2, 0.25) is 0 Å². The molecule has 0 aromatic heterocycles. The van der Waals surface area contributed by atoms with E-state index in [1.807, 2.05) is 0 Å². The second-order valence-corrected chi connectivity index (χ2v) is 8.56. The highest BCUT2D eigenvalue weighted by atomic mass is 19.1. The second kappa shape index (κ2) is 6.05. The van der Waals surface area contributed by atoms with Crippen molar-refractivity contribution < 1.29 is 18.7 Å². The number of nitrogens with one attached hydrogen (secondary N) is 1. The Hall–Kier alpha value is -1.59. The predicted molar refractivity (Wildman–Crippen MR) is 90.1 cm³/mol. The van der Waals surface area contributed by atoms with E-state index in [4.69, 9.17) is 4.74 Å². The maximum absolute atomic E-state index is 14.0. The first-order valence-electron chi connectivity index (χ1n) is 8.50. The number of fused-ring (bicyclic) bond motifs is 1. The van der Waals surface area contributed by atoms with Crippen LogP contribution in [0.3, 0.4) is 0 Å². The summed E-state index contributed by atoms with van der Waals surface area (Å²) in [6.45, 7) is 12.4. The van der Waals surface area contributed by atoms with E-state index in [2.05, 4.69) is 12.2 Å². The first-order valence-corrected chi connectivity index (χ1v) is 8.50. The second-order valence-electron chi connectivity index (χ2n) is 8.56. The molecule has 24 heavy (non-hydrogen) atoms. The normalized spacial score (nSPS) is 29.6. The summed E-state index contributed by atoms with van der Waals surface area (Å²) in [6.07, 6.45) is 1.00. The minimum Gasteiger partial charge on any atom is -0.444 e. The number of amides is 2. The summed E-state index contributed by atoms with van der Waals surface area (Å²) >= 11 is 0. The third-order valence-electron chi connectivity index (χ3n) is 4.76. The molecule has 5 nitrogen and oxygen atoms in total. The number of halogens is 1. The zero-order valence-electron chi connectivity index (χ0n) is 15.7. The minimum atomic E-state index is -0.701. The molecular formula is C18H29FN2O3. The summed E-state index contributed by atoms with van der Waals surface area (Å²) in [5, 5.41) is 2.69. The highest BCUT2D eigenvalue weighted by Gasteiger charge is 2.65. The van der Waals surface area contributed by atoms with E-state index in [1.165, 1.54) is 0 Å². The molecule has 2 fully saturated rings. The van der Waals surface area contributed by atoms with Gasteiger partial charge in [-0.1, -0.05) is 6.92 Å². The summed E-state index contributed by atoms with van der Waals surface area (Å²) in [5.74, 6) is -0.667. The summed E-state index contributed by atoms with van der Waals surface area (Å²) in [6, 6.07) is -1.27. The fraction of sp³-hybridized carbons (Fsp3) is 0.778. The maximum Gasteiger partial charge on any atom is 0.411 e. The van der Waals surface area contributed by atoms with E-state index in [9.17, 15) is 14.0 Å². The van der Waals surface area contributed by atoms with Gasteiger partial charge in [-0.2, -0.15) is 0 Å². The fourth-order valence-corrected chi connectivity index (χ4v) is 3.39. The van der Waals surface area contributed by atoms with Gasteiger partial charge in [-0.3, -0.25) is 9.69 Å². The molecule has 0 bridgehead atoms. The van der Waals surface area contributed by atoms with Crippen LogP contribution in [0.1, 0.15) is 61.3 Å². The average molecular weight is 340 g/mol. The Morgan fingerprint density at radius 1 is 1.29 bits per heavy atom. The Morgan fingerprint density at radius 2 is 1.88 bits per heavy atom. The molecule has 1 saturated carbocycles. The molecule has 0 spiro atoms. The topological polar surface area (TPSA) is 58.6 Å². The standard InChI is InChI=1S/C18H29FN2O3/c1-10(2)14(19)11(3)20-15(22)12-8-18(7)9-13(18)21(12)16(23)24-17(4,5)6/h11-13H,8-9H2,1-7H3,(H,20,22)/t11-,12+,13-,18+/m1/s1. The Kier molecular flexibility index (Phi) is 4.72. The summed E-state index contributed by atoms with van der Waals surface area (Å²) in [5.41, 5.74) is -0.113. The molecule has 6 heteroatoms. The molecule has 1 N–H and O–H groups in total. The molecule has 2 rings (SSSR count). The van der Waals surface area contributed by atoms with E-state index in [0.29, 0.717) is 12.0 Å². The molecule has 0 aromatic carbocycles. The van der Waals surface area contributed by atoms with Gasteiger partial charge in [0.05, 0.1) is 6.04 Å². The van der Waals surface area contributed by atoms with Crippen LogP contribution in [0, 0.1) is 5.41 Å². The third kappa shape index (κ3) is 3.73. The van der Waals surface area contributed by atoms with Crippen LogP contribution < -0.4 is 5.32 Å². The van der Waals surface area contributed by atoms with Crippen LogP contribution in [-0.2, 0) is 9.53 Å². The first kappa shape index (κ1) is 18.7. The van der Waals surface area contributed by atoms with Crippen molar-refractivity contribution in [2.45, 2.75) is 85.0 Å². The number of carbonyl (C=O) groups excluding carboxylic acids is 2. The lowest BCUT2D eigenvalue weighted by molar-refractivity contribution is -0.126. The van der Waals surface area contributed by atoms with Crippen LogP contribution in [0.25, 0.3) is 0 Å². The molecule has 136 valence electrons. The van der Waals surface area contributed by atoms with Crippen molar-refractivity contribution in [1.82, 2.24) is 10.2 Å². The maximum atomic E-state index is 14.0. The zero-order valence-corrected chi connectivity index (χ0v) is 15.7. The Bertz CT molecular complexity index is 577. The van der Waals surface area contributed by atoms with Gasteiger partial charge in [0.25, 0.3) is 0 Å². The van der Waals surface area contributed by atoms with Crippen molar-refractivity contribution in [3.63, 3.8) is 0 Å². The molecule has 1 aliphatic heterocycles. The van der Waals surface area contributed by atoms with Gasteiger partial charge < -0.3 is 10.1 Å². The van der Waals surface area contributed by atoms with Gasteiger partial charge in [0, 0.05) is 6.04 Å². The van der Waals surface area contributed by atoms with E-state index in [-0.39, 0.29) is 23.2 Å². The van der Waals surface area contributed by atoms with E-state index in [1.54, 1.807) is 46.4 Å². The summed E-state index contributed by atoms with van der Waals surface area (Å²) in [7, 11) is 0. The van der Waals surface area contributed by atoms with Crippen LogP contribution >= 0.6 is 0 Å². The number of nitrogens with zero attached hydrogens (tertiary/aromatic N) is 1. The number of carbonyl (C=O) groups is 2. The highest BCUT2D eigenvalue weighted by molar-refractivity contribution is 5.87. The number of hydrogen-bond acceptors (Lipinski definition) is 3.